The first kappa shape index (κ1) is 13.9. The van der Waals surface area contributed by atoms with Gasteiger partial charge in [-0.3, -0.25) is 0 Å². The molecule has 0 aliphatic rings. The van der Waals surface area contributed by atoms with Crippen LogP contribution in [0.1, 0.15) is 33.6 Å². The van der Waals surface area contributed by atoms with Crippen LogP contribution in [0.15, 0.2) is 46.6 Å². The molecular weight excluding hydrogens is 304 g/mol. The van der Waals surface area contributed by atoms with Crippen molar-refractivity contribution in [1.29, 1.82) is 0 Å². The third kappa shape index (κ3) is 3.17. The van der Waals surface area contributed by atoms with Gasteiger partial charge in [-0.05, 0) is 22.9 Å². The predicted molar refractivity (Wildman–Crippen MR) is 89.0 cm³/mol. The van der Waals surface area contributed by atoms with E-state index < -0.39 is 0 Å². The molecular formula is C15H16N2S3. The first-order valence-corrected chi connectivity index (χ1v) is 9.18. The summed E-state index contributed by atoms with van der Waals surface area (Å²) in [6.45, 7) is 3.17. The van der Waals surface area contributed by atoms with Gasteiger partial charge in [0.15, 0.2) is 0 Å². The van der Waals surface area contributed by atoms with Crippen molar-refractivity contribution in [3.8, 4) is 0 Å². The molecule has 3 aromatic heterocycles. The minimum Gasteiger partial charge on any atom is -0.304 e. The Kier molecular flexibility index (Phi) is 4.62. The molecule has 2 nitrogen and oxygen atoms in total. The van der Waals surface area contributed by atoms with Gasteiger partial charge >= 0.3 is 0 Å². The van der Waals surface area contributed by atoms with Gasteiger partial charge in [-0.2, -0.15) is 0 Å². The number of nitrogens with zero attached hydrogens (tertiary/aromatic N) is 1. The molecule has 0 aromatic carbocycles. The molecule has 0 radical (unpaired) electrons. The van der Waals surface area contributed by atoms with Gasteiger partial charge in [0, 0.05) is 33.8 Å². The minimum atomic E-state index is 0.303. The Labute approximate surface area is 131 Å². The Morgan fingerprint density at radius 2 is 1.75 bits per heavy atom. The molecule has 3 heterocycles. The summed E-state index contributed by atoms with van der Waals surface area (Å²) in [5.41, 5.74) is 0. The van der Waals surface area contributed by atoms with Crippen LogP contribution >= 0.6 is 34.0 Å². The molecule has 20 heavy (non-hydrogen) atoms. The van der Waals surface area contributed by atoms with Gasteiger partial charge in [-0.25, -0.2) is 4.98 Å². The second-order valence-corrected chi connectivity index (χ2v) is 7.53. The fraction of sp³-hybridized carbons (Fsp3) is 0.267. The lowest BCUT2D eigenvalue weighted by molar-refractivity contribution is 0.568. The van der Waals surface area contributed by atoms with E-state index in [1.54, 1.807) is 11.3 Å². The van der Waals surface area contributed by atoms with E-state index in [2.05, 4.69) is 52.3 Å². The van der Waals surface area contributed by atoms with Gasteiger partial charge in [-0.15, -0.1) is 34.0 Å². The number of nitrogens with one attached hydrogen (secondary N) is 1. The Morgan fingerprint density at radius 1 is 1.05 bits per heavy atom. The van der Waals surface area contributed by atoms with Gasteiger partial charge in [0.25, 0.3) is 0 Å². The monoisotopic (exact) mass is 320 g/mol. The Morgan fingerprint density at radius 3 is 2.25 bits per heavy atom. The van der Waals surface area contributed by atoms with Gasteiger partial charge in [0.05, 0.1) is 11.0 Å². The van der Waals surface area contributed by atoms with Gasteiger partial charge in [0.2, 0.25) is 0 Å². The van der Waals surface area contributed by atoms with E-state index in [0.717, 1.165) is 6.54 Å². The highest BCUT2D eigenvalue weighted by atomic mass is 32.1. The van der Waals surface area contributed by atoms with Crippen molar-refractivity contribution in [2.24, 2.45) is 0 Å². The molecule has 0 saturated carbocycles. The summed E-state index contributed by atoms with van der Waals surface area (Å²) >= 11 is 5.35. The SMILES string of the molecule is CC(CNC(c1cccs1)c1cccs1)c1nccs1. The average Bonchev–Trinajstić information content (AvgIpc) is 3.22. The molecule has 104 valence electrons. The largest absolute Gasteiger partial charge is 0.304 e. The normalized spacial score (nSPS) is 12.9. The van der Waals surface area contributed by atoms with Crippen molar-refractivity contribution in [2.75, 3.05) is 6.54 Å². The van der Waals surface area contributed by atoms with E-state index in [4.69, 9.17) is 0 Å². The second-order valence-electron chi connectivity index (χ2n) is 4.64. The smallest absolute Gasteiger partial charge is 0.0965 e. The standard InChI is InChI=1S/C15H16N2S3/c1-11(15-16-6-9-20-15)10-17-14(12-4-2-7-18-12)13-5-3-8-19-13/h2-9,11,14,17H,10H2,1H3. The fourth-order valence-corrected chi connectivity index (χ4v) is 4.52. The van der Waals surface area contributed by atoms with Crippen molar-refractivity contribution in [1.82, 2.24) is 10.3 Å². The highest BCUT2D eigenvalue weighted by Gasteiger charge is 2.17. The van der Waals surface area contributed by atoms with Crippen LogP contribution in [0.2, 0.25) is 0 Å². The zero-order chi connectivity index (χ0) is 13.8. The Bertz CT molecular complexity index is 565. The molecule has 1 N–H and O–H groups in total. The first-order valence-electron chi connectivity index (χ1n) is 6.54. The lowest BCUT2D eigenvalue weighted by Crippen LogP contribution is -2.25. The maximum Gasteiger partial charge on any atom is 0.0965 e. The number of hydrogen-bond donors (Lipinski definition) is 1. The van der Waals surface area contributed by atoms with Crippen molar-refractivity contribution in [3.05, 3.63) is 61.4 Å². The summed E-state index contributed by atoms with van der Waals surface area (Å²) < 4.78 is 0. The van der Waals surface area contributed by atoms with Gasteiger partial charge in [-0.1, -0.05) is 19.1 Å². The first-order chi connectivity index (χ1) is 9.84. The summed E-state index contributed by atoms with van der Waals surface area (Å²) in [5, 5.41) is 11.2. The molecule has 0 aliphatic heterocycles. The number of thiophene rings is 2. The molecule has 3 aromatic rings. The van der Waals surface area contributed by atoms with Gasteiger partial charge in [0.1, 0.15) is 0 Å². The van der Waals surface area contributed by atoms with Crippen LogP contribution in [-0.4, -0.2) is 11.5 Å². The van der Waals surface area contributed by atoms with Crippen LogP contribution < -0.4 is 5.32 Å². The van der Waals surface area contributed by atoms with E-state index >= 15 is 0 Å². The molecule has 0 aliphatic carbocycles. The fourth-order valence-electron chi connectivity index (χ4n) is 2.11. The third-order valence-electron chi connectivity index (χ3n) is 3.16. The van der Waals surface area contributed by atoms with Crippen LogP contribution in [0.5, 0.6) is 0 Å². The minimum absolute atomic E-state index is 0.303. The summed E-state index contributed by atoms with van der Waals surface area (Å²) in [6.07, 6.45) is 1.88. The predicted octanol–water partition coefficient (Wildman–Crippen LogP) is 4.75. The maximum absolute atomic E-state index is 4.40. The van der Waals surface area contributed by atoms with E-state index in [1.807, 2.05) is 34.3 Å². The van der Waals surface area contributed by atoms with E-state index in [-0.39, 0.29) is 0 Å². The zero-order valence-corrected chi connectivity index (χ0v) is 13.6. The van der Waals surface area contributed by atoms with Crippen LogP contribution in [0.3, 0.4) is 0 Å². The number of hydrogen-bond acceptors (Lipinski definition) is 5. The van der Waals surface area contributed by atoms with Gasteiger partial charge < -0.3 is 5.32 Å². The summed E-state index contributed by atoms with van der Waals surface area (Å²) in [5.74, 6) is 0.442. The van der Waals surface area contributed by atoms with E-state index in [0.29, 0.717) is 12.0 Å². The molecule has 1 atom stereocenters. The average molecular weight is 321 g/mol. The number of aromatic nitrogens is 1. The molecule has 5 heteroatoms. The maximum atomic E-state index is 4.40. The molecule has 0 spiro atoms. The Hall–Kier alpha value is -1.01. The van der Waals surface area contributed by atoms with E-state index in [1.165, 1.54) is 14.8 Å². The lowest BCUT2D eigenvalue weighted by atomic mass is 10.1. The summed E-state index contributed by atoms with van der Waals surface area (Å²) in [7, 11) is 0. The second kappa shape index (κ2) is 6.63. The van der Waals surface area contributed by atoms with Crippen LogP contribution in [0, 0.1) is 0 Å². The molecule has 0 fully saturated rings. The number of rotatable bonds is 6. The summed E-state index contributed by atoms with van der Waals surface area (Å²) in [6, 6.07) is 8.95. The van der Waals surface area contributed by atoms with Crippen LogP contribution in [0.25, 0.3) is 0 Å². The molecule has 1 unspecified atom stereocenters. The van der Waals surface area contributed by atoms with E-state index in [9.17, 15) is 0 Å². The molecule has 0 bridgehead atoms. The molecule has 0 amide bonds. The molecule has 0 saturated heterocycles. The highest BCUT2D eigenvalue weighted by molar-refractivity contribution is 7.11. The van der Waals surface area contributed by atoms with Crippen molar-refractivity contribution < 1.29 is 0 Å². The zero-order valence-electron chi connectivity index (χ0n) is 11.2. The van der Waals surface area contributed by atoms with Crippen LogP contribution in [0.4, 0.5) is 0 Å². The van der Waals surface area contributed by atoms with Crippen LogP contribution in [-0.2, 0) is 0 Å². The third-order valence-corrected chi connectivity index (χ3v) is 6.04. The topological polar surface area (TPSA) is 24.9 Å². The number of thiazole rings is 1. The van der Waals surface area contributed by atoms with Crippen molar-refractivity contribution >= 4 is 34.0 Å². The quantitative estimate of drug-likeness (QED) is 0.709. The van der Waals surface area contributed by atoms with Crippen molar-refractivity contribution in [3.63, 3.8) is 0 Å². The summed E-state index contributed by atoms with van der Waals surface area (Å²) in [4.78, 5) is 7.15. The molecule has 3 rings (SSSR count). The highest BCUT2D eigenvalue weighted by Crippen LogP contribution is 2.29. The Balaban J connectivity index is 1.71. The van der Waals surface area contributed by atoms with Crippen molar-refractivity contribution in [2.45, 2.75) is 18.9 Å². The lowest BCUT2D eigenvalue weighted by Gasteiger charge is -2.18.